The molecular formula is C11H11BrN2O2. The van der Waals surface area contributed by atoms with Gasteiger partial charge in [-0.1, -0.05) is 0 Å². The fraction of sp³-hybridized carbons (Fsp3) is 0.273. The largest absolute Gasteiger partial charge is 0.461 e. The number of pyridine rings is 1. The highest BCUT2D eigenvalue weighted by atomic mass is 79.9. The van der Waals surface area contributed by atoms with E-state index < -0.39 is 0 Å². The first kappa shape index (κ1) is 11.1. The molecule has 5 heteroatoms. The number of fused-ring (bicyclic) bond motifs is 1. The van der Waals surface area contributed by atoms with Gasteiger partial charge < -0.3 is 9.30 Å². The zero-order chi connectivity index (χ0) is 11.7. The van der Waals surface area contributed by atoms with E-state index in [-0.39, 0.29) is 5.97 Å². The second-order valence-electron chi connectivity index (χ2n) is 3.31. The van der Waals surface area contributed by atoms with Gasteiger partial charge in [0.15, 0.2) is 0 Å². The summed E-state index contributed by atoms with van der Waals surface area (Å²) < 4.78 is 7.47. The van der Waals surface area contributed by atoms with Gasteiger partial charge in [0.25, 0.3) is 0 Å². The number of nitrogens with zero attached hydrogens (tertiary/aromatic N) is 2. The number of halogens is 1. The third-order valence-corrected chi connectivity index (χ3v) is 3.12. The van der Waals surface area contributed by atoms with Crippen LogP contribution in [0.2, 0.25) is 0 Å². The maximum absolute atomic E-state index is 11.8. The molecule has 0 spiro atoms. The molecule has 0 saturated heterocycles. The summed E-state index contributed by atoms with van der Waals surface area (Å²) in [7, 11) is 1.82. The Morgan fingerprint density at radius 2 is 2.38 bits per heavy atom. The summed E-state index contributed by atoms with van der Waals surface area (Å²) in [5, 5.41) is 0. The van der Waals surface area contributed by atoms with Crippen LogP contribution in [0.1, 0.15) is 17.4 Å². The molecule has 0 aliphatic carbocycles. The maximum Gasteiger partial charge on any atom is 0.356 e. The van der Waals surface area contributed by atoms with Crippen molar-refractivity contribution >= 4 is 32.9 Å². The number of hydrogen-bond donors (Lipinski definition) is 0. The zero-order valence-electron chi connectivity index (χ0n) is 9.03. The van der Waals surface area contributed by atoms with Crippen LogP contribution in [0.15, 0.2) is 22.8 Å². The molecule has 2 aromatic rings. The fourth-order valence-corrected chi connectivity index (χ4v) is 2.38. The van der Waals surface area contributed by atoms with Crippen LogP contribution in [0.5, 0.6) is 0 Å². The van der Waals surface area contributed by atoms with Gasteiger partial charge in [0.05, 0.1) is 16.6 Å². The van der Waals surface area contributed by atoms with Crippen LogP contribution >= 0.6 is 15.9 Å². The van der Waals surface area contributed by atoms with Crippen molar-refractivity contribution in [2.24, 2.45) is 7.05 Å². The van der Waals surface area contributed by atoms with Crippen LogP contribution in [0.3, 0.4) is 0 Å². The van der Waals surface area contributed by atoms with E-state index in [0.717, 1.165) is 11.0 Å². The van der Waals surface area contributed by atoms with E-state index in [9.17, 15) is 4.79 Å². The lowest BCUT2D eigenvalue weighted by Gasteiger charge is -2.03. The predicted molar refractivity (Wildman–Crippen MR) is 64.4 cm³/mol. The average Bonchev–Trinajstić information content (AvgIpc) is 2.53. The molecule has 4 nitrogen and oxygen atoms in total. The summed E-state index contributed by atoms with van der Waals surface area (Å²) in [5.41, 5.74) is 2.17. The third kappa shape index (κ3) is 1.61. The minimum absolute atomic E-state index is 0.338. The first-order valence-electron chi connectivity index (χ1n) is 4.92. The van der Waals surface area contributed by atoms with Crippen LogP contribution in [0.4, 0.5) is 0 Å². The standard InChI is InChI=1S/C11H11BrN2O2/c1-3-16-11(15)10-8(12)9-7(14(10)2)5-4-6-13-9/h4-6H,3H2,1-2H3. The van der Waals surface area contributed by atoms with Gasteiger partial charge in [-0.2, -0.15) is 0 Å². The lowest BCUT2D eigenvalue weighted by molar-refractivity contribution is 0.0514. The first-order chi connectivity index (χ1) is 7.66. The molecule has 0 aliphatic heterocycles. The number of carbonyl (C=O) groups excluding carboxylic acids is 1. The highest BCUT2D eigenvalue weighted by Crippen LogP contribution is 2.28. The van der Waals surface area contributed by atoms with Crippen LogP contribution in [-0.2, 0) is 11.8 Å². The molecule has 84 valence electrons. The van der Waals surface area contributed by atoms with Gasteiger partial charge in [0.1, 0.15) is 11.2 Å². The Morgan fingerprint density at radius 1 is 1.62 bits per heavy atom. The molecule has 0 aromatic carbocycles. The Hall–Kier alpha value is -1.36. The van der Waals surface area contributed by atoms with Crippen LogP contribution in [-0.4, -0.2) is 22.1 Å². The number of ether oxygens (including phenoxy) is 1. The van der Waals surface area contributed by atoms with E-state index in [4.69, 9.17) is 4.74 Å². The van der Waals surface area contributed by atoms with E-state index in [1.807, 2.05) is 19.2 Å². The molecule has 0 atom stereocenters. The summed E-state index contributed by atoms with van der Waals surface area (Å²) in [6.45, 7) is 2.15. The van der Waals surface area contributed by atoms with Crippen molar-refractivity contribution < 1.29 is 9.53 Å². The normalized spacial score (nSPS) is 10.7. The number of carbonyl (C=O) groups is 1. The molecule has 2 rings (SSSR count). The van der Waals surface area contributed by atoms with Gasteiger partial charge in [-0.15, -0.1) is 0 Å². The van der Waals surface area contributed by atoms with Crippen molar-refractivity contribution in [3.63, 3.8) is 0 Å². The Morgan fingerprint density at radius 3 is 3.00 bits per heavy atom. The molecule has 0 amide bonds. The SMILES string of the molecule is CCOC(=O)c1c(Br)c2ncccc2n1C. The molecule has 2 heterocycles. The van der Waals surface area contributed by atoms with E-state index in [1.54, 1.807) is 17.7 Å². The molecule has 0 bridgehead atoms. The molecule has 16 heavy (non-hydrogen) atoms. The van der Waals surface area contributed by atoms with Crippen LogP contribution in [0, 0.1) is 0 Å². The van der Waals surface area contributed by atoms with Crippen LogP contribution in [0.25, 0.3) is 11.0 Å². The molecule has 0 saturated carbocycles. The van der Waals surface area contributed by atoms with Gasteiger partial charge in [-0.25, -0.2) is 4.79 Å². The Balaban J connectivity index is 2.66. The fourth-order valence-electron chi connectivity index (χ4n) is 1.64. The first-order valence-corrected chi connectivity index (χ1v) is 5.72. The van der Waals surface area contributed by atoms with Crippen molar-refractivity contribution in [3.8, 4) is 0 Å². The summed E-state index contributed by atoms with van der Waals surface area (Å²) >= 11 is 3.39. The second kappa shape index (κ2) is 4.25. The quantitative estimate of drug-likeness (QED) is 0.795. The van der Waals surface area contributed by atoms with Gasteiger partial charge in [0.2, 0.25) is 0 Å². The highest BCUT2D eigenvalue weighted by molar-refractivity contribution is 9.10. The molecule has 2 aromatic heterocycles. The molecular weight excluding hydrogens is 272 g/mol. The molecule has 0 unspecified atom stereocenters. The second-order valence-corrected chi connectivity index (χ2v) is 4.11. The van der Waals surface area contributed by atoms with Gasteiger partial charge in [0, 0.05) is 13.2 Å². The molecule has 0 aliphatic rings. The summed E-state index contributed by atoms with van der Waals surface area (Å²) in [6, 6.07) is 3.75. The van der Waals surface area contributed by atoms with E-state index >= 15 is 0 Å². The molecule has 0 N–H and O–H groups in total. The molecule has 0 radical (unpaired) electrons. The Kier molecular flexibility index (Phi) is 2.96. The topological polar surface area (TPSA) is 44.1 Å². The smallest absolute Gasteiger partial charge is 0.356 e. The van der Waals surface area contributed by atoms with Crippen molar-refractivity contribution in [1.29, 1.82) is 0 Å². The van der Waals surface area contributed by atoms with E-state index in [0.29, 0.717) is 16.8 Å². The summed E-state index contributed by atoms with van der Waals surface area (Å²) in [4.78, 5) is 16.0. The number of aryl methyl sites for hydroxylation is 1. The van der Waals surface area contributed by atoms with Gasteiger partial charge >= 0.3 is 5.97 Å². The predicted octanol–water partition coefficient (Wildman–Crippen LogP) is 2.51. The number of aromatic nitrogens is 2. The van der Waals surface area contributed by atoms with Gasteiger partial charge in [-0.3, -0.25) is 4.98 Å². The number of esters is 1. The van der Waals surface area contributed by atoms with Crippen molar-refractivity contribution in [2.45, 2.75) is 6.92 Å². The lowest BCUT2D eigenvalue weighted by Crippen LogP contribution is -2.10. The number of rotatable bonds is 2. The van der Waals surface area contributed by atoms with E-state index in [2.05, 4.69) is 20.9 Å². The maximum atomic E-state index is 11.8. The van der Waals surface area contributed by atoms with E-state index in [1.165, 1.54) is 0 Å². The zero-order valence-corrected chi connectivity index (χ0v) is 10.6. The highest BCUT2D eigenvalue weighted by Gasteiger charge is 2.20. The Bertz CT molecular complexity index is 509. The van der Waals surface area contributed by atoms with Crippen LogP contribution < -0.4 is 0 Å². The average molecular weight is 283 g/mol. The minimum atomic E-state index is -0.338. The Labute approximate surface area is 101 Å². The monoisotopic (exact) mass is 282 g/mol. The lowest BCUT2D eigenvalue weighted by atomic mass is 10.4. The van der Waals surface area contributed by atoms with Crippen molar-refractivity contribution in [2.75, 3.05) is 6.61 Å². The number of hydrogen-bond acceptors (Lipinski definition) is 3. The summed E-state index contributed by atoms with van der Waals surface area (Å²) in [5.74, 6) is -0.338. The summed E-state index contributed by atoms with van der Waals surface area (Å²) in [6.07, 6.45) is 1.70. The van der Waals surface area contributed by atoms with Crippen molar-refractivity contribution in [3.05, 3.63) is 28.5 Å². The third-order valence-electron chi connectivity index (χ3n) is 2.37. The molecule has 0 fully saturated rings. The van der Waals surface area contributed by atoms with Gasteiger partial charge in [-0.05, 0) is 35.0 Å². The van der Waals surface area contributed by atoms with Crippen molar-refractivity contribution in [1.82, 2.24) is 9.55 Å². The minimum Gasteiger partial charge on any atom is -0.461 e.